The minimum Gasteiger partial charge on any atom is -0.480 e. The molecule has 0 spiro atoms. The van der Waals surface area contributed by atoms with Crippen LogP contribution < -0.4 is 88.0 Å². The molecule has 0 radical (unpaired) electrons. The number of aliphatic hydroxyl groups is 2. The first kappa shape index (κ1) is 71.2. The van der Waals surface area contributed by atoms with Gasteiger partial charge in [-0.25, -0.2) is 0 Å². The summed E-state index contributed by atoms with van der Waals surface area (Å²) in [5.74, 6) is -10.7. The number of rotatable bonds is 38. The molecule has 26 N–H and O–H groups in total. The van der Waals surface area contributed by atoms with Gasteiger partial charge in [-0.15, -0.1) is 0 Å². The second kappa shape index (κ2) is 38.0. The molecule has 1 saturated heterocycles. The number of amides is 10. The number of nitrogens with zero attached hydrogens (tertiary/aromatic N) is 4. The van der Waals surface area contributed by atoms with E-state index in [1.165, 1.54) is 23.6 Å². The number of likely N-dealkylation sites (tertiary alicyclic amines) is 1. The minimum absolute atomic E-state index is 0.0290. The molecule has 0 aromatic carbocycles. The van der Waals surface area contributed by atoms with Crippen molar-refractivity contribution in [2.24, 2.45) is 61.0 Å². The number of nitrogens with two attached hydrogens (primary N) is 7. The van der Waals surface area contributed by atoms with Crippen LogP contribution in [0.1, 0.15) is 78.6 Å². The summed E-state index contributed by atoms with van der Waals surface area (Å²) in [5, 5.41) is 50.4. The summed E-state index contributed by atoms with van der Waals surface area (Å²) < 4.78 is 0. The van der Waals surface area contributed by atoms with Crippen LogP contribution in [0.2, 0.25) is 0 Å². The number of aliphatic imine (C=N–C) groups is 3. The number of hydrogen-bond acceptors (Lipinski definition) is 18. The first-order valence-corrected chi connectivity index (χ1v) is 27.4. The third-order valence-electron chi connectivity index (χ3n) is 12.0. The highest BCUT2D eigenvalue weighted by atomic mass is 32.2. The average molecular weight is 1170 g/mol. The fourth-order valence-corrected chi connectivity index (χ4v) is 8.08. The molecular weight excluding hydrogens is 1090 g/mol. The van der Waals surface area contributed by atoms with E-state index in [9.17, 15) is 63.0 Å². The Hall–Kier alpha value is -7.79. The molecule has 0 bridgehead atoms. The number of aliphatic carboxylic acids is 1. The lowest BCUT2D eigenvalue weighted by Crippen LogP contribution is -2.60. The van der Waals surface area contributed by atoms with Gasteiger partial charge in [0.25, 0.3) is 0 Å². The molecule has 1 aliphatic rings. The zero-order valence-electron chi connectivity index (χ0n) is 46.1. The zero-order chi connectivity index (χ0) is 61.4. The van der Waals surface area contributed by atoms with Gasteiger partial charge in [-0.2, -0.15) is 11.8 Å². The highest BCUT2D eigenvalue weighted by Crippen LogP contribution is 2.18. The Balaban J connectivity index is 3.34. The van der Waals surface area contributed by atoms with Gasteiger partial charge in [0.2, 0.25) is 59.1 Å². The van der Waals surface area contributed by atoms with E-state index in [4.69, 9.17) is 45.2 Å². The fourth-order valence-electron chi connectivity index (χ4n) is 7.61. The Labute approximate surface area is 472 Å². The maximum absolute atomic E-state index is 14.1. The highest BCUT2D eigenvalue weighted by Gasteiger charge is 2.38. The van der Waals surface area contributed by atoms with Crippen molar-refractivity contribution < 1.29 is 68.1 Å². The van der Waals surface area contributed by atoms with Gasteiger partial charge in [0.05, 0.1) is 26.3 Å². The first-order chi connectivity index (χ1) is 38.2. The van der Waals surface area contributed by atoms with Crippen molar-refractivity contribution in [1.82, 2.24) is 52.8 Å². The van der Waals surface area contributed by atoms with Crippen LogP contribution in [0.25, 0.3) is 0 Å². The quantitative estimate of drug-likeness (QED) is 0.0155. The molecule has 1 aliphatic heterocycles. The third-order valence-corrected chi connectivity index (χ3v) is 12.7. The summed E-state index contributed by atoms with van der Waals surface area (Å²) in [7, 11) is 0. The lowest BCUT2D eigenvalue weighted by atomic mass is 10.0. The summed E-state index contributed by atoms with van der Waals surface area (Å²) >= 11 is 1.34. The maximum atomic E-state index is 14.1. The summed E-state index contributed by atoms with van der Waals surface area (Å²) in [6.07, 6.45) is 2.52. The fraction of sp³-hybridized carbons (Fsp3) is 0.696. The van der Waals surface area contributed by atoms with E-state index in [1.54, 1.807) is 20.1 Å². The van der Waals surface area contributed by atoms with Crippen molar-refractivity contribution in [3.63, 3.8) is 0 Å². The monoisotopic (exact) mass is 1170 g/mol. The summed E-state index contributed by atoms with van der Waals surface area (Å²) in [6, 6.07) is -12.0. The predicted octanol–water partition coefficient (Wildman–Crippen LogP) is -9.41. The van der Waals surface area contributed by atoms with Gasteiger partial charge in [0.1, 0.15) is 54.4 Å². The molecule has 0 saturated carbocycles. The molecule has 0 unspecified atom stereocenters. The van der Waals surface area contributed by atoms with E-state index >= 15 is 0 Å². The number of carbonyl (C=O) groups excluding carboxylic acids is 10. The standard InChI is InChI=1S/C46H84N20O14S/c1-23(2)34(65-39(75)27(10-6-15-55-45(50)51)60-32(69)19-57-35(71)25(47)21-67)42(78)63-29(13-18-81-4)38(74)61-26(9-5-14-54-44(48)49)36(72)58-20-33(70)66-17-8-12-31(66)41(77)62-28(11-7-16-56-46(52)53)37(73)64-30(22-68)40(76)59-24(3)43(79)80/h23-31,34,67-68H,5-22,47H2,1-4H3,(H,57,71)(H,58,72)(H,59,76)(H,60,69)(H,61,74)(H,62,77)(H,63,78)(H,64,73)(H,65,75)(H,79,80)(H4,48,49,54)(H4,50,51,55)(H4,52,53,56)/t24-,25-,26-,27-,28-,29-,30-,31-,34-/m0/s1. The van der Waals surface area contributed by atoms with E-state index in [0.29, 0.717) is 12.2 Å². The van der Waals surface area contributed by atoms with Gasteiger partial charge in [0, 0.05) is 26.2 Å². The molecular formula is C46H84N20O14S. The van der Waals surface area contributed by atoms with Crippen molar-refractivity contribution in [3.05, 3.63) is 0 Å². The van der Waals surface area contributed by atoms with Crippen molar-refractivity contribution in [3.8, 4) is 0 Å². The SMILES string of the molecule is CSCC[C@H](NC(=O)[C@@H](NC(=O)[C@H](CCCN=C(N)N)NC(=O)CNC(=O)[C@@H](N)CO)C(C)C)C(=O)N[C@@H](CCCN=C(N)N)C(=O)NCC(=O)N1CCC[C@H]1C(=O)N[C@@H](CCCN=C(N)N)C(=O)N[C@@H](CO)C(=O)N[C@@H](C)C(=O)O. The second-order valence-electron chi connectivity index (χ2n) is 18.9. The van der Waals surface area contributed by atoms with E-state index in [-0.39, 0.29) is 95.4 Å². The maximum Gasteiger partial charge on any atom is 0.325 e. The number of carbonyl (C=O) groups is 11. The molecule has 458 valence electrons. The molecule has 0 aromatic rings. The Morgan fingerprint density at radius 2 is 1.02 bits per heavy atom. The number of hydrogen-bond donors (Lipinski definition) is 19. The molecule has 10 amide bonds. The smallest absolute Gasteiger partial charge is 0.325 e. The Morgan fingerprint density at radius 1 is 0.568 bits per heavy atom. The second-order valence-corrected chi connectivity index (χ2v) is 19.9. The normalized spacial score (nSPS) is 15.7. The van der Waals surface area contributed by atoms with Crippen LogP contribution in [-0.4, -0.2) is 222 Å². The summed E-state index contributed by atoms with van der Waals surface area (Å²) in [5.41, 5.74) is 38.1. The molecule has 0 aromatic heterocycles. The Kier molecular flexibility index (Phi) is 33.4. The van der Waals surface area contributed by atoms with Gasteiger partial charge in [-0.1, -0.05) is 13.8 Å². The number of aliphatic hydroxyl groups excluding tert-OH is 2. The Bertz CT molecular complexity index is 2230. The predicted molar refractivity (Wildman–Crippen MR) is 297 cm³/mol. The molecule has 1 fully saturated rings. The number of carboxylic acids is 1. The van der Waals surface area contributed by atoms with Crippen molar-refractivity contribution in [2.45, 2.75) is 133 Å². The Morgan fingerprint density at radius 3 is 1.51 bits per heavy atom. The van der Waals surface area contributed by atoms with E-state index in [0.717, 1.165) is 0 Å². The lowest BCUT2D eigenvalue weighted by Gasteiger charge is -2.28. The highest BCUT2D eigenvalue weighted by molar-refractivity contribution is 7.98. The first-order valence-electron chi connectivity index (χ1n) is 26.0. The van der Waals surface area contributed by atoms with E-state index in [1.807, 2.05) is 0 Å². The molecule has 81 heavy (non-hydrogen) atoms. The minimum atomic E-state index is -1.61. The molecule has 9 atom stereocenters. The van der Waals surface area contributed by atoms with Crippen LogP contribution >= 0.6 is 11.8 Å². The number of guanidine groups is 3. The topological polar surface area (TPSA) is 579 Å². The molecule has 1 heterocycles. The van der Waals surface area contributed by atoms with Crippen LogP contribution in [0.15, 0.2) is 15.0 Å². The van der Waals surface area contributed by atoms with Crippen LogP contribution in [0.4, 0.5) is 0 Å². The summed E-state index contributed by atoms with van der Waals surface area (Å²) in [6.45, 7) is 1.70. The van der Waals surface area contributed by atoms with E-state index < -0.39 is 152 Å². The van der Waals surface area contributed by atoms with Crippen LogP contribution in [0.3, 0.4) is 0 Å². The average Bonchev–Trinajstić information content (AvgIpc) is 3.92. The van der Waals surface area contributed by atoms with Crippen molar-refractivity contribution >= 4 is 94.7 Å². The third kappa shape index (κ3) is 27.8. The van der Waals surface area contributed by atoms with Gasteiger partial charge in [-0.05, 0) is 82.6 Å². The van der Waals surface area contributed by atoms with Crippen molar-refractivity contribution in [1.29, 1.82) is 0 Å². The number of thioether (sulfide) groups is 1. The number of carboxylic acid groups (broad SMARTS) is 1. The van der Waals surface area contributed by atoms with Gasteiger partial charge >= 0.3 is 5.97 Å². The number of nitrogens with one attached hydrogen (secondary N) is 9. The summed E-state index contributed by atoms with van der Waals surface area (Å²) in [4.78, 5) is 159. The molecule has 34 nitrogen and oxygen atoms in total. The largest absolute Gasteiger partial charge is 0.480 e. The lowest BCUT2D eigenvalue weighted by molar-refractivity contribution is -0.142. The van der Waals surface area contributed by atoms with Crippen LogP contribution in [-0.2, 0) is 52.7 Å². The molecule has 0 aliphatic carbocycles. The molecule has 1 rings (SSSR count). The van der Waals surface area contributed by atoms with E-state index in [2.05, 4.69) is 62.8 Å². The van der Waals surface area contributed by atoms with Gasteiger partial charge in [-0.3, -0.25) is 67.7 Å². The zero-order valence-corrected chi connectivity index (χ0v) is 46.9. The van der Waals surface area contributed by atoms with Gasteiger partial charge < -0.3 is 108 Å². The molecule has 35 heteroatoms. The van der Waals surface area contributed by atoms with Crippen molar-refractivity contribution in [2.75, 3.05) is 64.5 Å². The van der Waals surface area contributed by atoms with Crippen LogP contribution in [0.5, 0.6) is 0 Å². The van der Waals surface area contributed by atoms with Crippen LogP contribution in [0, 0.1) is 5.92 Å². The van der Waals surface area contributed by atoms with Gasteiger partial charge in [0.15, 0.2) is 17.9 Å².